The number of hydrogen-bond donors (Lipinski definition) is 0. The van der Waals surface area contributed by atoms with Gasteiger partial charge in [0.05, 0.1) is 23.8 Å². The number of furan rings is 1. The number of carbonyl (C=O) groups excluding carboxylic acids is 2. The summed E-state index contributed by atoms with van der Waals surface area (Å²) in [7, 11) is 0. The van der Waals surface area contributed by atoms with E-state index < -0.39 is 0 Å². The molecule has 4 aromatic rings. The number of allylic oxidation sites excluding steroid dienone is 1. The second-order valence-electron chi connectivity index (χ2n) is 7.46. The minimum Gasteiger partial charge on any atom is -0.465 e. The number of ether oxygens (including phenoxy) is 2. The molecule has 6 nitrogen and oxygen atoms in total. The van der Waals surface area contributed by atoms with Crippen LogP contribution in [0.4, 0.5) is 0 Å². The van der Waals surface area contributed by atoms with Crippen molar-refractivity contribution in [2.45, 2.75) is 12.3 Å². The van der Waals surface area contributed by atoms with Gasteiger partial charge in [0.15, 0.2) is 5.76 Å². The molecule has 6 heteroatoms. The van der Waals surface area contributed by atoms with Gasteiger partial charge in [0.1, 0.15) is 17.3 Å². The van der Waals surface area contributed by atoms with Crippen molar-refractivity contribution < 1.29 is 23.5 Å². The number of pyridine rings is 1. The highest BCUT2D eigenvalue weighted by Crippen LogP contribution is 2.49. The van der Waals surface area contributed by atoms with Gasteiger partial charge >= 0.3 is 5.97 Å². The van der Waals surface area contributed by atoms with Crippen molar-refractivity contribution in [1.82, 2.24) is 4.98 Å². The second kappa shape index (κ2) is 6.67. The molecule has 0 saturated heterocycles. The molecule has 1 unspecified atom stereocenters. The van der Waals surface area contributed by atoms with E-state index in [-0.39, 0.29) is 29.9 Å². The molecular weight excluding hydrogens is 394 g/mol. The van der Waals surface area contributed by atoms with Crippen LogP contribution in [0, 0.1) is 0 Å². The minimum absolute atomic E-state index is 0.145. The predicted molar refractivity (Wildman–Crippen MR) is 112 cm³/mol. The average molecular weight is 409 g/mol. The summed E-state index contributed by atoms with van der Waals surface area (Å²) in [5.41, 5.74) is 2.92. The lowest BCUT2D eigenvalue weighted by Gasteiger charge is -2.27. The summed E-state index contributed by atoms with van der Waals surface area (Å²) < 4.78 is 16.9. The fourth-order valence-electron chi connectivity index (χ4n) is 4.30. The number of esters is 1. The summed E-state index contributed by atoms with van der Waals surface area (Å²) in [6, 6.07) is 16.5. The Labute approximate surface area is 176 Å². The summed E-state index contributed by atoms with van der Waals surface area (Å²) in [6.45, 7) is 0. The number of carbonyl (C=O) groups is 2. The molecule has 6 rings (SSSR count). The van der Waals surface area contributed by atoms with Gasteiger partial charge < -0.3 is 13.9 Å². The Morgan fingerprint density at radius 2 is 1.87 bits per heavy atom. The number of benzene rings is 2. The van der Waals surface area contributed by atoms with Gasteiger partial charge in [-0.15, -0.1) is 0 Å². The van der Waals surface area contributed by atoms with E-state index in [9.17, 15) is 9.59 Å². The normalized spacial score (nSPS) is 18.6. The molecule has 0 saturated carbocycles. The Morgan fingerprint density at radius 3 is 2.74 bits per heavy atom. The highest BCUT2D eigenvalue weighted by molar-refractivity contribution is 6.15. The van der Waals surface area contributed by atoms with Crippen molar-refractivity contribution in [3.63, 3.8) is 0 Å². The number of ketones is 1. The Morgan fingerprint density at radius 1 is 0.968 bits per heavy atom. The van der Waals surface area contributed by atoms with E-state index >= 15 is 0 Å². The number of para-hydroxylation sites is 1. The Balaban J connectivity index is 1.54. The third kappa shape index (κ3) is 2.76. The van der Waals surface area contributed by atoms with Crippen LogP contribution in [0.25, 0.3) is 17.0 Å². The first-order valence-corrected chi connectivity index (χ1v) is 9.88. The smallest absolute Gasteiger partial charge is 0.312 e. The Kier molecular flexibility index (Phi) is 3.80. The number of fused-ring (bicyclic) bond motifs is 4. The van der Waals surface area contributed by atoms with E-state index in [2.05, 4.69) is 4.98 Å². The monoisotopic (exact) mass is 409 g/mol. The van der Waals surface area contributed by atoms with Gasteiger partial charge in [0.25, 0.3) is 0 Å². The Bertz CT molecular complexity index is 1400. The largest absolute Gasteiger partial charge is 0.465 e. The lowest BCUT2D eigenvalue weighted by atomic mass is 9.83. The van der Waals surface area contributed by atoms with Crippen molar-refractivity contribution in [2.24, 2.45) is 0 Å². The number of Topliss-reactive ketones (excluding diaryl/α,β-unsaturated/α-hetero) is 1. The van der Waals surface area contributed by atoms with Gasteiger partial charge in [-0.25, -0.2) is 0 Å². The van der Waals surface area contributed by atoms with E-state index in [4.69, 9.17) is 13.9 Å². The third-order valence-corrected chi connectivity index (χ3v) is 5.65. The van der Waals surface area contributed by atoms with Crippen molar-refractivity contribution in [3.8, 4) is 11.5 Å². The van der Waals surface area contributed by atoms with Crippen molar-refractivity contribution in [2.75, 3.05) is 0 Å². The average Bonchev–Trinajstić information content (AvgIpc) is 3.41. The predicted octanol–water partition coefficient (Wildman–Crippen LogP) is 4.89. The number of nitrogens with zero attached hydrogens (tertiary/aromatic N) is 1. The zero-order valence-electron chi connectivity index (χ0n) is 16.2. The highest BCUT2D eigenvalue weighted by atomic mass is 16.5. The zero-order chi connectivity index (χ0) is 20.9. The van der Waals surface area contributed by atoms with Crippen LogP contribution in [-0.4, -0.2) is 16.7 Å². The maximum atomic E-state index is 13.0. The van der Waals surface area contributed by atoms with E-state index in [1.165, 1.54) is 6.26 Å². The standard InChI is InChI=1S/C25H15NO5/c27-22-13-18(15-9-10-26-19-6-2-1-5-16(15)19)23-20(30-22)8-7-17-24(28)21(31-25(17)23)12-14-4-3-11-29-14/h1-12,18H,13H2. The quantitative estimate of drug-likeness (QED) is 0.267. The maximum absolute atomic E-state index is 13.0. The molecule has 0 bridgehead atoms. The van der Waals surface area contributed by atoms with Gasteiger partial charge in [-0.2, -0.15) is 0 Å². The zero-order valence-corrected chi connectivity index (χ0v) is 16.2. The molecule has 150 valence electrons. The van der Waals surface area contributed by atoms with E-state index in [0.29, 0.717) is 28.4 Å². The summed E-state index contributed by atoms with van der Waals surface area (Å²) in [4.78, 5) is 29.8. The molecule has 0 radical (unpaired) electrons. The molecule has 31 heavy (non-hydrogen) atoms. The molecule has 2 aliphatic rings. The molecule has 0 spiro atoms. The molecule has 2 aromatic heterocycles. The van der Waals surface area contributed by atoms with Crippen LogP contribution in [0.15, 0.2) is 77.2 Å². The molecule has 1 atom stereocenters. The molecule has 2 aliphatic heterocycles. The summed E-state index contributed by atoms with van der Waals surface area (Å²) in [6.07, 6.45) is 4.98. The lowest BCUT2D eigenvalue weighted by Crippen LogP contribution is -2.21. The van der Waals surface area contributed by atoms with Crippen LogP contribution < -0.4 is 9.47 Å². The highest BCUT2D eigenvalue weighted by Gasteiger charge is 2.39. The fraction of sp³-hybridized carbons (Fsp3) is 0.0800. The summed E-state index contributed by atoms with van der Waals surface area (Å²) in [5.74, 6) is 0.654. The molecule has 4 heterocycles. The lowest BCUT2D eigenvalue weighted by molar-refractivity contribution is -0.135. The third-order valence-electron chi connectivity index (χ3n) is 5.65. The van der Waals surface area contributed by atoms with Gasteiger partial charge in [-0.3, -0.25) is 14.6 Å². The Hall–Kier alpha value is -4.19. The second-order valence-corrected chi connectivity index (χ2v) is 7.46. The van der Waals surface area contributed by atoms with Crippen LogP contribution in [0.2, 0.25) is 0 Å². The maximum Gasteiger partial charge on any atom is 0.312 e. The van der Waals surface area contributed by atoms with Crippen LogP contribution in [0.5, 0.6) is 11.5 Å². The molecule has 0 fully saturated rings. The van der Waals surface area contributed by atoms with Gasteiger partial charge in [0.2, 0.25) is 5.78 Å². The van der Waals surface area contributed by atoms with Crippen LogP contribution >= 0.6 is 0 Å². The SMILES string of the molecule is O=C1CC(c2ccnc3ccccc23)c2c(ccc3c2OC(=Cc2ccco2)C3=O)O1. The van der Waals surface area contributed by atoms with E-state index in [1.54, 1.807) is 36.5 Å². The summed E-state index contributed by atoms with van der Waals surface area (Å²) >= 11 is 0. The first-order chi connectivity index (χ1) is 15.2. The summed E-state index contributed by atoms with van der Waals surface area (Å²) in [5, 5.41) is 0.948. The minimum atomic E-state index is -0.325. The van der Waals surface area contributed by atoms with E-state index in [1.807, 2.05) is 30.3 Å². The van der Waals surface area contributed by atoms with Crippen LogP contribution in [0.3, 0.4) is 0 Å². The van der Waals surface area contributed by atoms with Crippen LogP contribution in [-0.2, 0) is 4.79 Å². The van der Waals surface area contributed by atoms with Crippen LogP contribution in [0.1, 0.15) is 39.6 Å². The number of rotatable bonds is 2. The first kappa shape index (κ1) is 17.7. The molecule has 0 N–H and O–H groups in total. The molecule has 0 amide bonds. The van der Waals surface area contributed by atoms with Gasteiger partial charge in [0, 0.05) is 29.1 Å². The van der Waals surface area contributed by atoms with Crippen molar-refractivity contribution >= 4 is 28.7 Å². The van der Waals surface area contributed by atoms with Gasteiger partial charge in [-0.1, -0.05) is 18.2 Å². The number of hydrogen-bond acceptors (Lipinski definition) is 6. The molecule has 0 aliphatic carbocycles. The topological polar surface area (TPSA) is 78.6 Å². The van der Waals surface area contributed by atoms with Crippen molar-refractivity contribution in [1.29, 1.82) is 0 Å². The fourth-order valence-corrected chi connectivity index (χ4v) is 4.30. The molecule has 2 aromatic carbocycles. The number of aromatic nitrogens is 1. The van der Waals surface area contributed by atoms with E-state index in [0.717, 1.165) is 16.5 Å². The first-order valence-electron chi connectivity index (χ1n) is 9.88. The van der Waals surface area contributed by atoms with Gasteiger partial charge in [-0.05, 0) is 42.0 Å². The molecular formula is C25H15NO5. The van der Waals surface area contributed by atoms with Crippen molar-refractivity contribution in [3.05, 3.63) is 95.3 Å².